The highest BCUT2D eigenvalue weighted by Crippen LogP contribution is 2.15. The van der Waals surface area contributed by atoms with E-state index in [-0.39, 0.29) is 11.8 Å². The summed E-state index contributed by atoms with van der Waals surface area (Å²) in [7, 11) is 1.70. The molecular weight excluding hydrogens is 228 g/mol. The first kappa shape index (κ1) is 12.6. The van der Waals surface area contributed by atoms with Crippen LogP contribution in [0.1, 0.15) is 25.3 Å². The molecule has 18 heavy (non-hydrogen) atoms. The summed E-state index contributed by atoms with van der Waals surface area (Å²) < 4.78 is 6.64. The number of oxazole rings is 1. The topological polar surface area (TPSA) is 61.2 Å². The summed E-state index contributed by atoms with van der Waals surface area (Å²) in [5.74, 6) is -0.330. The minimum absolute atomic E-state index is 0.226. The lowest BCUT2D eigenvalue weighted by molar-refractivity contribution is 0.528. The van der Waals surface area contributed by atoms with Gasteiger partial charge in [-0.1, -0.05) is 18.2 Å². The molecule has 0 spiro atoms. The van der Waals surface area contributed by atoms with Crippen molar-refractivity contribution in [1.82, 2.24) is 4.57 Å². The van der Waals surface area contributed by atoms with Crippen LogP contribution in [0.3, 0.4) is 0 Å². The molecule has 0 saturated heterocycles. The maximum Gasteiger partial charge on any atom is 0.419 e. The van der Waals surface area contributed by atoms with Crippen LogP contribution in [0, 0.1) is 0 Å². The van der Waals surface area contributed by atoms with Gasteiger partial charge in [0.05, 0.1) is 5.52 Å². The summed E-state index contributed by atoms with van der Waals surface area (Å²) in [5.41, 5.74) is 8.14. The summed E-state index contributed by atoms with van der Waals surface area (Å²) >= 11 is 0. The lowest BCUT2D eigenvalue weighted by Gasteiger charge is -1.99. The van der Waals surface area contributed by atoms with Gasteiger partial charge in [-0.3, -0.25) is 4.57 Å². The molecule has 0 saturated carbocycles. The summed E-state index contributed by atoms with van der Waals surface area (Å²) in [6, 6.07) is 5.97. The Morgan fingerprint density at radius 3 is 3.00 bits per heavy atom. The Hall–Kier alpha value is -1.81. The number of nitrogens with two attached hydrogens (primary N) is 1. The molecule has 0 fully saturated rings. The molecule has 0 aliphatic carbocycles. The quantitative estimate of drug-likeness (QED) is 0.900. The number of nitrogens with zero attached hydrogens (tertiary/aromatic N) is 1. The van der Waals surface area contributed by atoms with Gasteiger partial charge in [0.25, 0.3) is 0 Å². The van der Waals surface area contributed by atoms with Crippen LogP contribution in [-0.2, 0) is 7.05 Å². The Bertz CT molecular complexity index is 620. The largest absolute Gasteiger partial charge is 0.419 e. The molecule has 0 bridgehead atoms. The fourth-order valence-corrected chi connectivity index (χ4v) is 1.83. The Kier molecular flexibility index (Phi) is 3.67. The average Bonchev–Trinajstić information content (AvgIpc) is 2.60. The summed E-state index contributed by atoms with van der Waals surface area (Å²) in [6.45, 7) is 2.00. The molecule has 4 nitrogen and oxygen atoms in total. The van der Waals surface area contributed by atoms with Crippen molar-refractivity contribution < 1.29 is 4.42 Å². The van der Waals surface area contributed by atoms with Crippen LogP contribution in [0.15, 0.2) is 33.5 Å². The van der Waals surface area contributed by atoms with Gasteiger partial charge < -0.3 is 10.2 Å². The molecule has 2 rings (SSSR count). The second-order valence-electron chi connectivity index (χ2n) is 4.61. The SMILES string of the molecule is CC(N)CC/C=C/c1ccc2c(c1)oc(=O)n2C. The molecule has 0 aliphatic rings. The van der Waals surface area contributed by atoms with Gasteiger partial charge in [-0.25, -0.2) is 4.79 Å². The second kappa shape index (κ2) is 5.23. The van der Waals surface area contributed by atoms with Crippen molar-refractivity contribution in [2.45, 2.75) is 25.8 Å². The number of hydrogen-bond acceptors (Lipinski definition) is 3. The van der Waals surface area contributed by atoms with Crippen LogP contribution in [0.4, 0.5) is 0 Å². The van der Waals surface area contributed by atoms with Gasteiger partial charge >= 0.3 is 5.76 Å². The molecule has 1 unspecified atom stereocenters. The van der Waals surface area contributed by atoms with E-state index in [1.165, 1.54) is 4.57 Å². The van der Waals surface area contributed by atoms with Crippen LogP contribution < -0.4 is 11.5 Å². The van der Waals surface area contributed by atoms with Gasteiger partial charge in [-0.2, -0.15) is 0 Å². The van der Waals surface area contributed by atoms with Gasteiger partial charge in [-0.05, 0) is 37.5 Å². The first-order chi connectivity index (χ1) is 8.58. The zero-order valence-corrected chi connectivity index (χ0v) is 10.7. The predicted octanol–water partition coefficient (Wildman–Crippen LogP) is 2.27. The Labute approximate surface area is 106 Å². The summed E-state index contributed by atoms with van der Waals surface area (Å²) in [5, 5.41) is 0. The van der Waals surface area contributed by atoms with Crippen molar-refractivity contribution in [2.24, 2.45) is 12.8 Å². The normalized spacial score (nSPS) is 13.5. The van der Waals surface area contributed by atoms with Crippen LogP contribution in [0.2, 0.25) is 0 Å². The lowest BCUT2D eigenvalue weighted by atomic mass is 10.1. The Balaban J connectivity index is 2.18. The van der Waals surface area contributed by atoms with Crippen LogP contribution in [0.25, 0.3) is 17.2 Å². The average molecular weight is 246 g/mol. The molecule has 4 heteroatoms. The number of fused-ring (bicyclic) bond motifs is 1. The highest BCUT2D eigenvalue weighted by Gasteiger charge is 2.04. The molecule has 1 heterocycles. The maximum absolute atomic E-state index is 11.3. The van der Waals surface area contributed by atoms with Crippen molar-refractivity contribution in [3.05, 3.63) is 40.4 Å². The third-order valence-electron chi connectivity index (χ3n) is 2.92. The number of aromatic nitrogens is 1. The number of aryl methyl sites for hydroxylation is 1. The monoisotopic (exact) mass is 246 g/mol. The van der Waals surface area contributed by atoms with Crippen molar-refractivity contribution in [2.75, 3.05) is 0 Å². The third-order valence-corrected chi connectivity index (χ3v) is 2.92. The minimum Gasteiger partial charge on any atom is -0.408 e. The zero-order chi connectivity index (χ0) is 13.1. The van der Waals surface area contributed by atoms with E-state index in [9.17, 15) is 4.79 Å². The maximum atomic E-state index is 11.3. The van der Waals surface area contributed by atoms with E-state index >= 15 is 0 Å². The summed E-state index contributed by atoms with van der Waals surface area (Å²) in [6.07, 6.45) is 6.04. The van der Waals surface area contributed by atoms with Crippen molar-refractivity contribution in [3.63, 3.8) is 0 Å². The molecule has 1 atom stereocenters. The van der Waals surface area contributed by atoms with Gasteiger partial charge in [-0.15, -0.1) is 0 Å². The molecule has 0 amide bonds. The van der Waals surface area contributed by atoms with Crippen LogP contribution in [0.5, 0.6) is 0 Å². The van der Waals surface area contributed by atoms with E-state index in [1.54, 1.807) is 7.05 Å². The van der Waals surface area contributed by atoms with Gasteiger partial charge in [0.1, 0.15) is 0 Å². The van der Waals surface area contributed by atoms with E-state index < -0.39 is 0 Å². The van der Waals surface area contributed by atoms with E-state index in [2.05, 4.69) is 6.08 Å². The zero-order valence-electron chi connectivity index (χ0n) is 10.7. The number of hydrogen-bond donors (Lipinski definition) is 1. The lowest BCUT2D eigenvalue weighted by Crippen LogP contribution is -2.13. The van der Waals surface area contributed by atoms with Gasteiger partial charge in [0, 0.05) is 13.1 Å². The van der Waals surface area contributed by atoms with E-state index in [0.717, 1.165) is 23.9 Å². The molecule has 1 aromatic carbocycles. The third kappa shape index (κ3) is 2.71. The van der Waals surface area contributed by atoms with E-state index in [4.69, 9.17) is 10.2 Å². The molecule has 0 aliphatic heterocycles. The first-order valence-electron chi connectivity index (χ1n) is 6.09. The predicted molar refractivity (Wildman–Crippen MR) is 73.4 cm³/mol. The highest BCUT2D eigenvalue weighted by atomic mass is 16.4. The van der Waals surface area contributed by atoms with Crippen LogP contribution in [-0.4, -0.2) is 10.6 Å². The summed E-state index contributed by atoms with van der Waals surface area (Å²) in [4.78, 5) is 11.3. The number of benzene rings is 1. The number of rotatable bonds is 4. The number of allylic oxidation sites excluding steroid dienone is 1. The molecule has 0 radical (unpaired) electrons. The van der Waals surface area contributed by atoms with E-state index in [1.807, 2.05) is 31.2 Å². The molecule has 1 aromatic heterocycles. The van der Waals surface area contributed by atoms with Crippen molar-refractivity contribution in [3.8, 4) is 0 Å². The standard InChI is InChI=1S/C14H18N2O2/c1-10(15)5-3-4-6-11-7-8-12-13(9-11)18-14(17)16(12)2/h4,6-10H,3,5,15H2,1-2H3/b6-4+. The van der Waals surface area contributed by atoms with Crippen LogP contribution >= 0.6 is 0 Å². The van der Waals surface area contributed by atoms with Crippen molar-refractivity contribution >= 4 is 17.2 Å². The fraction of sp³-hybridized carbons (Fsp3) is 0.357. The van der Waals surface area contributed by atoms with Crippen molar-refractivity contribution in [1.29, 1.82) is 0 Å². The molecule has 2 N–H and O–H groups in total. The van der Waals surface area contributed by atoms with Gasteiger partial charge in [0.2, 0.25) is 0 Å². The Morgan fingerprint density at radius 2 is 2.28 bits per heavy atom. The van der Waals surface area contributed by atoms with Gasteiger partial charge in [0.15, 0.2) is 5.58 Å². The highest BCUT2D eigenvalue weighted by molar-refractivity contribution is 5.76. The molecule has 96 valence electrons. The fourth-order valence-electron chi connectivity index (χ4n) is 1.83. The smallest absolute Gasteiger partial charge is 0.408 e. The Morgan fingerprint density at radius 1 is 1.50 bits per heavy atom. The second-order valence-corrected chi connectivity index (χ2v) is 4.61. The minimum atomic E-state index is -0.330. The molecular formula is C14H18N2O2. The first-order valence-corrected chi connectivity index (χ1v) is 6.09. The molecule has 2 aromatic rings. The van der Waals surface area contributed by atoms with E-state index in [0.29, 0.717) is 5.58 Å².